The minimum Gasteiger partial charge on any atom is -0.482 e. The highest BCUT2D eigenvalue weighted by Gasteiger charge is 2.28. The van der Waals surface area contributed by atoms with Crippen LogP contribution < -0.4 is 15.0 Å². The second-order valence-electron chi connectivity index (χ2n) is 7.89. The molecule has 0 fully saturated rings. The van der Waals surface area contributed by atoms with Crippen molar-refractivity contribution >= 4 is 29.0 Å². The molecule has 0 bridgehead atoms. The van der Waals surface area contributed by atoms with E-state index >= 15 is 0 Å². The maximum Gasteiger partial charge on any atom is 0.265 e. The Morgan fingerprint density at radius 1 is 1.14 bits per heavy atom. The third-order valence-corrected chi connectivity index (χ3v) is 4.62. The molecule has 0 saturated heterocycles. The quantitative estimate of drug-likeness (QED) is 0.823. The van der Waals surface area contributed by atoms with Gasteiger partial charge in [0, 0.05) is 11.3 Å². The first kappa shape index (κ1) is 19.6. The summed E-state index contributed by atoms with van der Waals surface area (Å²) in [4.78, 5) is 37.8. The minimum atomic E-state index is -0.346. The van der Waals surface area contributed by atoms with Crippen molar-refractivity contribution in [2.75, 3.05) is 23.4 Å². The van der Waals surface area contributed by atoms with E-state index in [0.717, 1.165) is 5.56 Å². The molecule has 2 aromatic rings. The number of benzene rings is 2. The molecule has 0 radical (unpaired) electrons. The van der Waals surface area contributed by atoms with Gasteiger partial charge in [-0.15, -0.1) is 0 Å². The van der Waals surface area contributed by atoms with Crippen LogP contribution in [-0.4, -0.2) is 30.7 Å². The van der Waals surface area contributed by atoms with E-state index in [-0.39, 0.29) is 36.2 Å². The Morgan fingerprint density at radius 2 is 1.89 bits per heavy atom. The first-order chi connectivity index (χ1) is 13.1. The van der Waals surface area contributed by atoms with Gasteiger partial charge >= 0.3 is 0 Å². The first-order valence-electron chi connectivity index (χ1n) is 9.14. The number of Topliss-reactive ketones (excluding diaryl/α,β-unsaturated/α-hetero) is 1. The number of hydrogen-bond acceptors (Lipinski definition) is 4. The van der Waals surface area contributed by atoms with Gasteiger partial charge < -0.3 is 10.1 Å². The van der Waals surface area contributed by atoms with Crippen LogP contribution in [0.2, 0.25) is 0 Å². The van der Waals surface area contributed by atoms with Crippen LogP contribution in [0.15, 0.2) is 42.5 Å². The van der Waals surface area contributed by atoms with Crippen molar-refractivity contribution in [3.05, 3.63) is 53.6 Å². The van der Waals surface area contributed by atoms with Gasteiger partial charge in [-0.2, -0.15) is 0 Å². The molecule has 6 nitrogen and oxygen atoms in total. The molecule has 0 atom stereocenters. The lowest BCUT2D eigenvalue weighted by Crippen LogP contribution is -2.43. The molecule has 0 spiro atoms. The summed E-state index contributed by atoms with van der Waals surface area (Å²) in [6.45, 7) is 7.54. The lowest BCUT2D eigenvalue weighted by molar-refractivity contribution is -0.123. The van der Waals surface area contributed by atoms with Crippen molar-refractivity contribution in [3.8, 4) is 5.75 Å². The van der Waals surface area contributed by atoms with Crippen molar-refractivity contribution in [2.24, 2.45) is 0 Å². The molecule has 1 aliphatic heterocycles. The Balaban J connectivity index is 1.79. The van der Waals surface area contributed by atoms with E-state index in [1.54, 1.807) is 24.3 Å². The van der Waals surface area contributed by atoms with E-state index in [1.165, 1.54) is 11.8 Å². The molecular weight excluding hydrogens is 356 g/mol. The molecule has 3 rings (SSSR count). The molecule has 146 valence electrons. The highest BCUT2D eigenvalue weighted by molar-refractivity contribution is 6.05. The normalized spacial score (nSPS) is 13.6. The number of hydrogen-bond donors (Lipinski definition) is 1. The number of carbonyl (C=O) groups excluding carboxylic acids is 3. The summed E-state index contributed by atoms with van der Waals surface area (Å²) in [7, 11) is 0. The molecule has 2 amide bonds. The SMILES string of the molecule is CC(=O)c1cccc(NC(=O)CN2C(=O)COc3cc(C(C)(C)C)ccc32)c1. The summed E-state index contributed by atoms with van der Waals surface area (Å²) < 4.78 is 5.58. The highest BCUT2D eigenvalue weighted by atomic mass is 16.5. The van der Waals surface area contributed by atoms with Gasteiger partial charge in [-0.1, -0.05) is 39.0 Å². The molecule has 1 N–H and O–H groups in total. The van der Waals surface area contributed by atoms with Crippen LogP contribution in [0.5, 0.6) is 5.75 Å². The summed E-state index contributed by atoms with van der Waals surface area (Å²) in [6.07, 6.45) is 0. The summed E-state index contributed by atoms with van der Waals surface area (Å²) >= 11 is 0. The number of carbonyl (C=O) groups is 3. The Morgan fingerprint density at radius 3 is 2.57 bits per heavy atom. The molecule has 0 aromatic heterocycles. The predicted molar refractivity (Wildman–Crippen MR) is 108 cm³/mol. The fraction of sp³-hybridized carbons (Fsp3) is 0.318. The van der Waals surface area contributed by atoms with Crippen molar-refractivity contribution in [3.63, 3.8) is 0 Å². The Bertz CT molecular complexity index is 944. The van der Waals surface area contributed by atoms with Gasteiger partial charge in [0.15, 0.2) is 12.4 Å². The topological polar surface area (TPSA) is 75.7 Å². The zero-order chi connectivity index (χ0) is 20.5. The van der Waals surface area contributed by atoms with E-state index < -0.39 is 0 Å². The van der Waals surface area contributed by atoms with Crippen LogP contribution in [0.3, 0.4) is 0 Å². The second kappa shape index (κ2) is 7.46. The van der Waals surface area contributed by atoms with Crippen molar-refractivity contribution < 1.29 is 19.1 Å². The fourth-order valence-corrected chi connectivity index (χ4v) is 3.00. The highest BCUT2D eigenvalue weighted by Crippen LogP contribution is 2.36. The number of fused-ring (bicyclic) bond motifs is 1. The predicted octanol–water partition coefficient (Wildman–Crippen LogP) is 3.55. The standard InChI is InChI=1S/C22H24N2O4/c1-14(25)15-6-5-7-17(10-15)23-20(26)12-24-18-9-8-16(22(2,3)4)11-19(18)28-13-21(24)27/h5-11H,12-13H2,1-4H3,(H,23,26). The molecule has 1 aliphatic rings. The number of anilines is 2. The average Bonchev–Trinajstić information content (AvgIpc) is 2.63. The molecule has 1 heterocycles. The molecule has 0 unspecified atom stereocenters. The molecule has 0 aliphatic carbocycles. The van der Waals surface area contributed by atoms with Crippen molar-refractivity contribution in [2.45, 2.75) is 33.1 Å². The van der Waals surface area contributed by atoms with Crippen LogP contribution >= 0.6 is 0 Å². The van der Waals surface area contributed by atoms with E-state index in [0.29, 0.717) is 22.7 Å². The largest absolute Gasteiger partial charge is 0.482 e. The zero-order valence-corrected chi connectivity index (χ0v) is 16.5. The Labute approximate surface area is 164 Å². The molecule has 2 aromatic carbocycles. The monoisotopic (exact) mass is 380 g/mol. The third-order valence-electron chi connectivity index (χ3n) is 4.62. The fourth-order valence-electron chi connectivity index (χ4n) is 3.00. The van der Waals surface area contributed by atoms with Gasteiger partial charge in [0.25, 0.3) is 5.91 Å². The van der Waals surface area contributed by atoms with E-state index in [1.807, 2.05) is 18.2 Å². The smallest absolute Gasteiger partial charge is 0.265 e. The van der Waals surface area contributed by atoms with Gasteiger partial charge in [-0.25, -0.2) is 0 Å². The second-order valence-corrected chi connectivity index (χ2v) is 7.89. The van der Waals surface area contributed by atoms with E-state index in [2.05, 4.69) is 26.1 Å². The number of amides is 2. The zero-order valence-electron chi connectivity index (χ0n) is 16.5. The maximum atomic E-state index is 12.5. The summed E-state index contributed by atoms with van der Waals surface area (Å²) in [5.74, 6) is -0.105. The number of ketones is 1. The number of nitrogens with zero attached hydrogens (tertiary/aromatic N) is 1. The van der Waals surface area contributed by atoms with E-state index in [4.69, 9.17) is 4.74 Å². The van der Waals surface area contributed by atoms with Gasteiger partial charge in [0.2, 0.25) is 5.91 Å². The lowest BCUT2D eigenvalue weighted by atomic mass is 9.86. The minimum absolute atomic E-state index is 0.0518. The van der Waals surface area contributed by atoms with Gasteiger partial charge in [0.05, 0.1) is 5.69 Å². The third kappa shape index (κ3) is 4.22. The Kier molecular flexibility index (Phi) is 5.23. The first-order valence-corrected chi connectivity index (χ1v) is 9.14. The number of nitrogens with one attached hydrogen (secondary N) is 1. The van der Waals surface area contributed by atoms with Crippen LogP contribution in [0.25, 0.3) is 0 Å². The number of rotatable bonds is 4. The Hall–Kier alpha value is -3.15. The van der Waals surface area contributed by atoms with Gasteiger partial charge in [-0.3, -0.25) is 19.3 Å². The summed E-state index contributed by atoms with van der Waals surface area (Å²) in [6, 6.07) is 12.4. The summed E-state index contributed by atoms with van der Waals surface area (Å²) in [5, 5.41) is 2.75. The molecule has 28 heavy (non-hydrogen) atoms. The summed E-state index contributed by atoms with van der Waals surface area (Å²) in [5.41, 5.74) is 2.65. The van der Waals surface area contributed by atoms with Crippen molar-refractivity contribution in [1.82, 2.24) is 0 Å². The van der Waals surface area contributed by atoms with Crippen molar-refractivity contribution in [1.29, 1.82) is 0 Å². The van der Waals surface area contributed by atoms with Gasteiger partial charge in [0.1, 0.15) is 12.3 Å². The van der Waals surface area contributed by atoms with E-state index in [9.17, 15) is 14.4 Å². The van der Waals surface area contributed by atoms with Crippen LogP contribution in [0.4, 0.5) is 11.4 Å². The molecule has 0 saturated carbocycles. The average molecular weight is 380 g/mol. The lowest BCUT2D eigenvalue weighted by Gasteiger charge is -2.30. The van der Waals surface area contributed by atoms with Gasteiger partial charge in [-0.05, 0) is 42.2 Å². The van der Waals surface area contributed by atoms with Crippen LogP contribution in [-0.2, 0) is 15.0 Å². The maximum absolute atomic E-state index is 12.5. The molecular formula is C22H24N2O4. The van der Waals surface area contributed by atoms with Crippen LogP contribution in [0.1, 0.15) is 43.6 Å². The van der Waals surface area contributed by atoms with Crippen LogP contribution in [0, 0.1) is 0 Å². The number of ether oxygens (including phenoxy) is 1. The molecule has 6 heteroatoms.